The summed E-state index contributed by atoms with van der Waals surface area (Å²) in [4.78, 5) is 25.6. The smallest absolute Gasteiger partial charge is 0.327 e. The van der Waals surface area contributed by atoms with Crippen molar-refractivity contribution >= 4 is 27.6 Å². The van der Waals surface area contributed by atoms with Crippen molar-refractivity contribution in [1.82, 2.24) is 19.7 Å². The molecule has 21 heavy (non-hydrogen) atoms. The summed E-state index contributed by atoms with van der Waals surface area (Å²) in [5.41, 5.74) is 3.39. The van der Waals surface area contributed by atoms with Crippen LogP contribution < -0.4 is 11.0 Å². The zero-order chi connectivity index (χ0) is 15.4. The lowest BCUT2D eigenvalue weighted by Crippen LogP contribution is -2.47. The van der Waals surface area contributed by atoms with Gasteiger partial charge in [0, 0.05) is 26.2 Å². The molecule has 8 nitrogen and oxygen atoms in total. The van der Waals surface area contributed by atoms with Gasteiger partial charge in [-0.05, 0) is 23.0 Å². The van der Waals surface area contributed by atoms with Crippen LogP contribution in [-0.4, -0.2) is 66.0 Å². The van der Waals surface area contributed by atoms with E-state index in [1.165, 1.54) is 13.3 Å². The van der Waals surface area contributed by atoms with E-state index in [0.29, 0.717) is 10.2 Å². The summed E-state index contributed by atoms with van der Waals surface area (Å²) in [5, 5.41) is 6.01. The molecule has 1 aromatic rings. The number of likely N-dealkylation sites (N-methyl/N-ethyl adjacent to an activating group) is 1. The third-order valence-corrected chi connectivity index (χ3v) is 4.04. The highest BCUT2D eigenvalue weighted by Gasteiger charge is 2.17. The lowest BCUT2D eigenvalue weighted by molar-refractivity contribution is -0.141. The van der Waals surface area contributed by atoms with Gasteiger partial charge in [-0.3, -0.25) is 9.59 Å². The summed E-state index contributed by atoms with van der Waals surface area (Å²) in [6.07, 6.45) is 1.52. The van der Waals surface area contributed by atoms with E-state index in [9.17, 15) is 9.59 Å². The number of rotatable bonds is 4. The Morgan fingerprint density at radius 2 is 2.10 bits per heavy atom. The third kappa shape index (κ3) is 4.02. The Morgan fingerprint density at radius 3 is 2.71 bits per heavy atom. The van der Waals surface area contributed by atoms with Gasteiger partial charge in [-0.2, -0.15) is 5.10 Å². The van der Waals surface area contributed by atoms with Crippen LogP contribution in [0.2, 0.25) is 0 Å². The number of halogens is 1. The zero-order valence-electron chi connectivity index (χ0n) is 12.0. The Morgan fingerprint density at radius 1 is 1.43 bits per heavy atom. The molecule has 0 atom stereocenters. The number of piperazine rings is 1. The van der Waals surface area contributed by atoms with Gasteiger partial charge in [0.1, 0.15) is 11.0 Å². The number of methoxy groups -OCH3 is 1. The van der Waals surface area contributed by atoms with Crippen molar-refractivity contribution in [3.8, 4) is 0 Å². The van der Waals surface area contributed by atoms with Gasteiger partial charge in [0.25, 0.3) is 5.56 Å². The van der Waals surface area contributed by atoms with E-state index in [2.05, 4.69) is 43.1 Å². The number of ether oxygens (including phenoxy) is 1. The van der Waals surface area contributed by atoms with Crippen LogP contribution in [0.1, 0.15) is 0 Å². The maximum atomic E-state index is 12.1. The van der Waals surface area contributed by atoms with E-state index in [0.717, 1.165) is 30.9 Å². The lowest BCUT2D eigenvalue weighted by atomic mass is 10.4. The number of carbonyl (C=O) groups excluding carboxylic acids is 1. The standard InChI is InChI=1S/C12H18BrN5O3/c1-16-3-5-17(6-4-16)15-9-7-14-18(8-10(19)21-2)12(20)11(9)13/h7,15H,3-6,8H2,1-2H3. The first-order valence-electron chi connectivity index (χ1n) is 6.54. The van der Waals surface area contributed by atoms with Gasteiger partial charge in [-0.25, -0.2) is 9.69 Å². The SMILES string of the molecule is COC(=O)Cn1ncc(NN2CCN(C)CC2)c(Br)c1=O. The topological polar surface area (TPSA) is 79.7 Å². The van der Waals surface area contributed by atoms with Gasteiger partial charge in [-0.15, -0.1) is 0 Å². The van der Waals surface area contributed by atoms with E-state index in [-0.39, 0.29) is 12.1 Å². The zero-order valence-corrected chi connectivity index (χ0v) is 13.6. The largest absolute Gasteiger partial charge is 0.468 e. The highest BCUT2D eigenvalue weighted by Crippen LogP contribution is 2.17. The quantitative estimate of drug-likeness (QED) is 0.742. The molecule has 0 bridgehead atoms. The number of aromatic nitrogens is 2. The number of hydrogen-bond acceptors (Lipinski definition) is 7. The van der Waals surface area contributed by atoms with Crippen LogP contribution in [0.3, 0.4) is 0 Å². The second-order valence-corrected chi connectivity index (χ2v) is 5.61. The summed E-state index contributed by atoms with van der Waals surface area (Å²) in [6.45, 7) is 3.42. The van der Waals surface area contributed by atoms with E-state index in [1.807, 2.05) is 5.01 Å². The second kappa shape index (κ2) is 7.01. The fourth-order valence-corrected chi connectivity index (χ4v) is 2.33. The van der Waals surface area contributed by atoms with Crippen LogP contribution in [0.25, 0.3) is 0 Å². The molecule has 1 fully saturated rings. The molecule has 0 radical (unpaired) electrons. The summed E-state index contributed by atoms with van der Waals surface area (Å²) < 4.78 is 5.94. The molecule has 1 aliphatic rings. The first kappa shape index (κ1) is 15.9. The highest BCUT2D eigenvalue weighted by atomic mass is 79.9. The molecular formula is C12H18BrN5O3. The van der Waals surface area contributed by atoms with Crippen LogP contribution in [0.4, 0.5) is 5.69 Å². The number of carbonyl (C=O) groups is 1. The summed E-state index contributed by atoms with van der Waals surface area (Å²) in [5.74, 6) is -0.517. The first-order chi connectivity index (χ1) is 10.0. The Labute approximate surface area is 130 Å². The molecule has 0 aromatic carbocycles. The lowest BCUT2D eigenvalue weighted by Gasteiger charge is -2.33. The van der Waals surface area contributed by atoms with Crippen molar-refractivity contribution in [3.63, 3.8) is 0 Å². The Bertz CT molecular complexity index is 569. The average Bonchev–Trinajstić information content (AvgIpc) is 2.49. The molecule has 116 valence electrons. The Kier molecular flexibility index (Phi) is 5.32. The van der Waals surface area contributed by atoms with Gasteiger partial charge < -0.3 is 15.1 Å². The van der Waals surface area contributed by atoms with Gasteiger partial charge in [0.05, 0.1) is 19.0 Å². The minimum absolute atomic E-state index is 0.206. The molecular weight excluding hydrogens is 342 g/mol. The summed E-state index contributed by atoms with van der Waals surface area (Å²) >= 11 is 3.26. The molecule has 0 unspecified atom stereocenters. The predicted octanol–water partition coefficient (Wildman–Crippen LogP) is -0.247. The average molecular weight is 360 g/mol. The van der Waals surface area contributed by atoms with Crippen molar-refractivity contribution in [2.75, 3.05) is 45.8 Å². The number of nitrogens with zero attached hydrogens (tertiary/aromatic N) is 4. The van der Waals surface area contributed by atoms with Gasteiger partial charge in [0.2, 0.25) is 0 Å². The Hall–Kier alpha value is -1.45. The minimum atomic E-state index is -0.517. The van der Waals surface area contributed by atoms with Crippen LogP contribution in [0.15, 0.2) is 15.5 Å². The molecule has 1 aromatic heterocycles. The number of hydrazine groups is 1. The van der Waals surface area contributed by atoms with Crippen molar-refractivity contribution in [1.29, 1.82) is 0 Å². The van der Waals surface area contributed by atoms with Crippen molar-refractivity contribution in [3.05, 3.63) is 21.0 Å². The molecule has 0 spiro atoms. The predicted molar refractivity (Wildman–Crippen MR) is 80.9 cm³/mol. The van der Waals surface area contributed by atoms with E-state index >= 15 is 0 Å². The van der Waals surface area contributed by atoms with Crippen molar-refractivity contribution in [2.45, 2.75) is 6.54 Å². The summed E-state index contributed by atoms with van der Waals surface area (Å²) in [6, 6.07) is 0. The van der Waals surface area contributed by atoms with E-state index in [1.54, 1.807) is 0 Å². The molecule has 0 amide bonds. The number of nitrogens with one attached hydrogen (secondary N) is 1. The first-order valence-corrected chi connectivity index (χ1v) is 7.33. The monoisotopic (exact) mass is 359 g/mol. The van der Waals surface area contributed by atoms with Crippen molar-refractivity contribution < 1.29 is 9.53 Å². The Balaban J connectivity index is 2.09. The van der Waals surface area contributed by atoms with Crippen LogP contribution in [0.5, 0.6) is 0 Å². The number of esters is 1. The number of anilines is 1. The number of hydrogen-bond donors (Lipinski definition) is 1. The minimum Gasteiger partial charge on any atom is -0.468 e. The molecule has 1 saturated heterocycles. The molecule has 9 heteroatoms. The molecule has 1 N–H and O–H groups in total. The molecule has 1 aliphatic heterocycles. The highest BCUT2D eigenvalue weighted by molar-refractivity contribution is 9.10. The third-order valence-electron chi connectivity index (χ3n) is 3.27. The maximum Gasteiger partial charge on any atom is 0.327 e. The summed E-state index contributed by atoms with van der Waals surface area (Å²) in [7, 11) is 3.34. The molecule has 0 saturated carbocycles. The van der Waals surface area contributed by atoms with Gasteiger partial charge in [-0.1, -0.05) is 0 Å². The van der Waals surface area contributed by atoms with Gasteiger partial charge >= 0.3 is 5.97 Å². The molecule has 2 rings (SSSR count). The fourth-order valence-electron chi connectivity index (χ4n) is 1.93. The van der Waals surface area contributed by atoms with Crippen LogP contribution in [0, 0.1) is 0 Å². The normalized spacial score (nSPS) is 16.7. The fraction of sp³-hybridized carbons (Fsp3) is 0.583. The van der Waals surface area contributed by atoms with Crippen LogP contribution in [-0.2, 0) is 16.1 Å². The van der Waals surface area contributed by atoms with Crippen molar-refractivity contribution in [2.24, 2.45) is 0 Å². The molecule has 2 heterocycles. The molecule has 0 aliphatic carbocycles. The van der Waals surface area contributed by atoms with E-state index < -0.39 is 5.97 Å². The maximum absolute atomic E-state index is 12.1. The second-order valence-electron chi connectivity index (χ2n) is 4.81. The van der Waals surface area contributed by atoms with Crippen LogP contribution >= 0.6 is 15.9 Å². The van der Waals surface area contributed by atoms with E-state index in [4.69, 9.17) is 0 Å². The van der Waals surface area contributed by atoms with Gasteiger partial charge in [0.15, 0.2) is 0 Å².